The van der Waals surface area contributed by atoms with Crippen LogP contribution in [0.5, 0.6) is 5.75 Å². The summed E-state index contributed by atoms with van der Waals surface area (Å²) in [5.74, 6) is -4.90. The maximum absolute atomic E-state index is 14.1. The van der Waals surface area contributed by atoms with E-state index in [2.05, 4.69) is 22.7 Å². The fourth-order valence-corrected chi connectivity index (χ4v) is 5.28. The van der Waals surface area contributed by atoms with Crippen LogP contribution in [0.1, 0.15) is 47.2 Å². The lowest BCUT2D eigenvalue weighted by molar-refractivity contribution is -0.0109. The zero-order valence-corrected chi connectivity index (χ0v) is 26.5. The van der Waals surface area contributed by atoms with Gasteiger partial charge in [-0.1, -0.05) is 6.07 Å². The van der Waals surface area contributed by atoms with Gasteiger partial charge in [0.1, 0.15) is 17.2 Å². The number of nitrogens with one attached hydrogen (secondary N) is 1. The van der Waals surface area contributed by atoms with Crippen LogP contribution in [-0.2, 0) is 29.8 Å². The van der Waals surface area contributed by atoms with Crippen molar-refractivity contribution >= 4 is 38.2 Å². The molecule has 1 aromatic heterocycles. The Morgan fingerprint density at radius 1 is 1.22 bits per heavy atom. The Hall–Kier alpha value is -3.70. The zero-order valence-electron chi connectivity index (χ0n) is 24.7. The fraction of sp³-hybridized carbons (Fsp3) is 0.462. The topological polar surface area (TPSA) is 186 Å². The van der Waals surface area contributed by atoms with Gasteiger partial charge in [0, 0.05) is 44.6 Å². The molecule has 0 saturated heterocycles. The van der Waals surface area contributed by atoms with Crippen molar-refractivity contribution in [2.75, 3.05) is 44.8 Å². The minimum absolute atomic E-state index is 0.100. The fourth-order valence-electron chi connectivity index (χ4n) is 4.11. The predicted octanol–water partition coefficient (Wildman–Crippen LogP) is 2.13. The van der Waals surface area contributed by atoms with E-state index in [0.29, 0.717) is 6.07 Å². The first-order valence-corrected chi connectivity index (χ1v) is 15.6. The van der Waals surface area contributed by atoms with Gasteiger partial charge < -0.3 is 34.4 Å². The van der Waals surface area contributed by atoms with Crippen LogP contribution in [0.2, 0.25) is 0 Å². The summed E-state index contributed by atoms with van der Waals surface area (Å²) >= 11 is 4.63. The molecule has 1 aliphatic heterocycles. The van der Waals surface area contributed by atoms with Crippen LogP contribution in [-0.4, -0.2) is 88.4 Å². The van der Waals surface area contributed by atoms with Crippen LogP contribution in [0.3, 0.4) is 0 Å². The quantitative estimate of drug-likeness (QED) is 0.105. The van der Waals surface area contributed by atoms with Crippen molar-refractivity contribution in [1.29, 1.82) is 0 Å². The molecule has 0 bridgehead atoms. The molecular weight excluding hydrogens is 645 g/mol. The van der Waals surface area contributed by atoms with Crippen LogP contribution in [0.25, 0.3) is 0 Å². The van der Waals surface area contributed by atoms with Crippen LogP contribution in [0.15, 0.2) is 29.2 Å². The Morgan fingerprint density at radius 3 is 2.53 bits per heavy atom. The average Bonchev–Trinajstić information content (AvgIpc) is 2.95. The largest absolute Gasteiger partial charge is 0.510 e. The normalized spacial score (nSPS) is 17.6. The van der Waals surface area contributed by atoms with Crippen molar-refractivity contribution in [3.63, 3.8) is 0 Å². The van der Waals surface area contributed by atoms with Gasteiger partial charge in [-0.3, -0.25) is 33.2 Å². The summed E-state index contributed by atoms with van der Waals surface area (Å²) in [6.07, 6.45) is -1.41. The molecule has 2 amide bonds. The molecule has 15 nitrogen and oxygen atoms in total. The number of amides is 2. The predicted molar refractivity (Wildman–Crippen MR) is 157 cm³/mol. The van der Waals surface area contributed by atoms with E-state index in [1.165, 1.54) is 12.1 Å². The number of hydrogen-bond acceptors (Lipinski definition) is 12. The third-order valence-corrected chi connectivity index (χ3v) is 8.37. The maximum Gasteiger partial charge on any atom is 0.510 e. The Kier molecular flexibility index (Phi) is 11.6. The molecule has 3 rings (SSSR count). The zero-order chi connectivity index (χ0) is 33.7. The highest BCUT2D eigenvalue weighted by molar-refractivity contribution is 7.81. The molecular formula is C26H33F2N4O11PS. The summed E-state index contributed by atoms with van der Waals surface area (Å²) in [5.41, 5.74) is -2.62. The van der Waals surface area contributed by atoms with E-state index >= 15 is 0 Å². The van der Waals surface area contributed by atoms with E-state index in [9.17, 15) is 42.5 Å². The van der Waals surface area contributed by atoms with Gasteiger partial charge in [-0.2, -0.15) is 0 Å². The Balaban J connectivity index is 1.96. The van der Waals surface area contributed by atoms with E-state index < -0.39 is 96.8 Å². The molecule has 1 aliphatic rings. The van der Waals surface area contributed by atoms with Crippen LogP contribution in [0.4, 0.5) is 13.6 Å². The Bertz CT molecular complexity index is 1560. The summed E-state index contributed by atoms with van der Waals surface area (Å²) in [7, 11) is -3.23. The molecule has 0 aliphatic carbocycles. The molecule has 2 aromatic rings. The number of likely N-dealkylation sites (N-methyl/N-ethyl adjacent to an activating group) is 1. The lowest BCUT2D eigenvalue weighted by atomic mass is 10.1. The summed E-state index contributed by atoms with van der Waals surface area (Å²) in [6.45, 7) is 2.81. The second kappa shape index (κ2) is 14.6. The second-order valence-electron chi connectivity index (χ2n) is 9.90. The van der Waals surface area contributed by atoms with Crippen molar-refractivity contribution in [2.24, 2.45) is 0 Å². The van der Waals surface area contributed by atoms with Gasteiger partial charge in [0.05, 0.1) is 18.9 Å². The number of benzene rings is 1. The molecule has 19 heteroatoms. The Labute approximate surface area is 261 Å². The number of fused-ring (bicyclic) bond motifs is 1. The van der Waals surface area contributed by atoms with E-state index in [0.717, 1.165) is 27.9 Å². The van der Waals surface area contributed by atoms with Crippen LogP contribution < -0.4 is 15.8 Å². The minimum Gasteiger partial charge on any atom is -0.502 e. The van der Waals surface area contributed by atoms with Crippen molar-refractivity contribution in [3.05, 3.63) is 63.1 Å². The molecule has 45 heavy (non-hydrogen) atoms. The molecule has 1 unspecified atom stereocenters. The number of nitrogens with zero attached hydrogens (tertiary/aromatic N) is 3. The summed E-state index contributed by atoms with van der Waals surface area (Å²) in [6, 6.07) is 2.68. The number of carbonyl (C=O) groups is 3. The lowest BCUT2D eigenvalue weighted by Gasteiger charge is -2.51. The van der Waals surface area contributed by atoms with Crippen molar-refractivity contribution in [3.8, 4) is 5.75 Å². The molecule has 0 fully saturated rings. The molecule has 0 saturated carbocycles. The molecule has 2 heterocycles. The van der Waals surface area contributed by atoms with E-state index in [1.54, 1.807) is 20.8 Å². The highest BCUT2D eigenvalue weighted by atomic mass is 32.1. The summed E-state index contributed by atoms with van der Waals surface area (Å²) in [5, 5.41) is 14.3. The number of aromatic hydroxyl groups is 1. The van der Waals surface area contributed by atoms with Crippen LogP contribution >= 0.6 is 20.2 Å². The van der Waals surface area contributed by atoms with Gasteiger partial charge in [-0.15, -0.1) is 12.6 Å². The smallest absolute Gasteiger partial charge is 0.502 e. The van der Waals surface area contributed by atoms with Crippen molar-refractivity contribution in [1.82, 2.24) is 14.9 Å². The highest BCUT2D eigenvalue weighted by Gasteiger charge is 2.48. The van der Waals surface area contributed by atoms with Gasteiger partial charge in [-0.05, 0) is 26.8 Å². The van der Waals surface area contributed by atoms with E-state index in [4.69, 9.17) is 14.0 Å². The standard InChI is InChI=1S/C26H33F2N4O11PS/c1-5-40-13-26(45)30(4)24(36)20-22(34)21(33)18(23(35)29-11-16-6-7-17(27)10-19(16)28)12-31(20)32(26)8-9-44(38,39)42-14-41-25(37)43-15(2)3/h6-7,10,12,15,34,45H,5,8-9,11,13-14H2,1-4H3,(H,29,35)(H,38,39)/t26-/m1/s1. The Morgan fingerprint density at radius 2 is 1.91 bits per heavy atom. The molecule has 2 atom stereocenters. The monoisotopic (exact) mass is 678 g/mol. The second-order valence-corrected chi connectivity index (χ2v) is 12.6. The van der Waals surface area contributed by atoms with E-state index in [-0.39, 0.29) is 18.8 Å². The van der Waals surface area contributed by atoms with Gasteiger partial charge in [0.2, 0.25) is 12.2 Å². The number of rotatable bonds is 13. The SMILES string of the molecule is CCOC[C@@]1(S)N(C)C(=O)c2c(O)c(=O)c(C(=O)NCc3ccc(F)cc3F)cn2N1CCP(=O)(O)OCOC(=O)OC(C)C. The van der Waals surface area contributed by atoms with Crippen molar-refractivity contribution in [2.45, 2.75) is 38.4 Å². The number of ether oxygens (including phenoxy) is 3. The first kappa shape index (κ1) is 35.8. The summed E-state index contributed by atoms with van der Waals surface area (Å²) in [4.78, 5) is 60.7. The van der Waals surface area contributed by atoms with Crippen LogP contribution in [0, 0.1) is 11.6 Å². The molecule has 248 valence electrons. The number of carbonyl (C=O) groups excluding carboxylic acids is 3. The van der Waals surface area contributed by atoms with Gasteiger partial charge in [0.25, 0.3) is 11.8 Å². The lowest BCUT2D eigenvalue weighted by Crippen LogP contribution is -2.69. The first-order chi connectivity index (χ1) is 21.0. The number of hydrogen-bond donors (Lipinski definition) is 4. The molecule has 1 aromatic carbocycles. The number of aromatic nitrogens is 1. The maximum atomic E-state index is 14.1. The van der Waals surface area contributed by atoms with Gasteiger partial charge in [0.15, 0.2) is 16.4 Å². The summed E-state index contributed by atoms with van der Waals surface area (Å²) < 4.78 is 60.8. The van der Waals surface area contributed by atoms with Gasteiger partial charge >= 0.3 is 13.8 Å². The third kappa shape index (κ3) is 8.32. The minimum atomic E-state index is -4.52. The number of pyridine rings is 1. The van der Waals surface area contributed by atoms with Crippen molar-refractivity contribution < 1.29 is 56.5 Å². The molecule has 0 spiro atoms. The average molecular weight is 679 g/mol. The molecule has 0 radical (unpaired) electrons. The number of halogens is 2. The number of thiol groups is 1. The first-order valence-electron chi connectivity index (χ1n) is 13.4. The third-order valence-electron chi connectivity index (χ3n) is 6.44. The van der Waals surface area contributed by atoms with Gasteiger partial charge in [-0.25, -0.2) is 13.6 Å². The highest BCUT2D eigenvalue weighted by Crippen LogP contribution is 2.43. The molecule has 3 N–H and O–H groups in total. The van der Waals surface area contributed by atoms with E-state index in [1.807, 2.05) is 0 Å².